The summed E-state index contributed by atoms with van der Waals surface area (Å²) >= 11 is 0. The summed E-state index contributed by atoms with van der Waals surface area (Å²) < 4.78 is 65.8. The van der Waals surface area contributed by atoms with Crippen LogP contribution in [0, 0.1) is 0 Å². The second kappa shape index (κ2) is 11.3. The molecule has 27 heavy (non-hydrogen) atoms. The first-order chi connectivity index (χ1) is 12.1. The van der Waals surface area contributed by atoms with Crippen molar-refractivity contribution in [3.05, 3.63) is 34.9 Å². The van der Waals surface area contributed by atoms with Gasteiger partial charge in [-0.3, -0.25) is 8.88 Å². The Morgan fingerprint density at radius 2 is 1.41 bits per heavy atom. The molecule has 0 heterocycles. The third-order valence-electron chi connectivity index (χ3n) is 3.33. The molecule has 0 fully saturated rings. The van der Waals surface area contributed by atoms with Crippen LogP contribution in [0.5, 0.6) is 0 Å². The maximum Gasteiger partial charge on any atom is 0.412 e. The van der Waals surface area contributed by atoms with Gasteiger partial charge in [0.05, 0.1) is 14.4 Å². The Morgan fingerprint density at radius 1 is 0.926 bits per heavy atom. The first kappa shape index (κ1) is 26.3. The van der Waals surface area contributed by atoms with Gasteiger partial charge in [0.2, 0.25) is 0 Å². The number of hydrogen-bond donors (Lipinski definition) is 0. The Bertz CT molecular complexity index is 663. The van der Waals surface area contributed by atoms with Crippen molar-refractivity contribution in [1.82, 2.24) is 0 Å². The van der Waals surface area contributed by atoms with E-state index in [1.807, 2.05) is 6.08 Å². The van der Waals surface area contributed by atoms with Gasteiger partial charge in [-0.05, 0) is 46.5 Å². The Hall–Kier alpha value is -0.730. The summed E-state index contributed by atoms with van der Waals surface area (Å²) in [7, 11) is -10.9. The third-order valence-corrected chi connectivity index (χ3v) is 5.40. The number of allylic oxidation sites excluding steroid dienone is 5. The lowest BCUT2D eigenvalue weighted by atomic mass is 10.1. The van der Waals surface area contributed by atoms with Gasteiger partial charge in [0, 0.05) is 5.57 Å². The van der Waals surface area contributed by atoms with Crippen molar-refractivity contribution >= 4 is 15.6 Å². The monoisotopic (exact) mass is 433 g/mol. The highest BCUT2D eigenvalue weighted by molar-refractivity contribution is 7.58. The summed E-state index contributed by atoms with van der Waals surface area (Å²) in [6, 6.07) is 0. The van der Waals surface area contributed by atoms with Crippen molar-refractivity contribution in [1.29, 1.82) is 0 Å². The molecule has 12 heteroatoms. The van der Waals surface area contributed by atoms with Gasteiger partial charge in [-0.1, -0.05) is 29.4 Å². The van der Waals surface area contributed by atoms with E-state index in [1.165, 1.54) is 6.08 Å². The van der Waals surface area contributed by atoms with Crippen molar-refractivity contribution in [2.24, 2.45) is 0 Å². The highest BCUT2D eigenvalue weighted by Gasteiger charge is 2.29. The van der Waals surface area contributed by atoms with Crippen LogP contribution in [0.3, 0.4) is 0 Å². The smallest absolute Gasteiger partial charge is 0.412 e. The number of phosphoric acid groups is 2. The molecule has 158 valence electrons. The highest BCUT2D eigenvalue weighted by atomic mass is 31.3. The van der Waals surface area contributed by atoms with Crippen LogP contribution >= 0.6 is 15.6 Å². The lowest BCUT2D eigenvalue weighted by Gasteiger charge is -2.34. The van der Waals surface area contributed by atoms with Gasteiger partial charge in [-0.15, -0.1) is 0 Å². The van der Waals surface area contributed by atoms with E-state index in [0.717, 1.165) is 24.1 Å². The SMILES string of the molecule is CC(=CCCC(C)=CCOP(=O)([O-])OP(=O)([O-])[O-])CCC=C(C)C(F)(F)F. The van der Waals surface area contributed by atoms with Crippen LogP contribution in [0.15, 0.2) is 34.9 Å². The molecule has 0 N–H and O–H groups in total. The molecule has 0 saturated heterocycles. The lowest BCUT2D eigenvalue weighted by Crippen LogP contribution is -2.19. The van der Waals surface area contributed by atoms with Crippen LogP contribution in [0.4, 0.5) is 13.2 Å². The van der Waals surface area contributed by atoms with Gasteiger partial charge in [-0.25, -0.2) is 0 Å². The van der Waals surface area contributed by atoms with Crippen molar-refractivity contribution in [3.63, 3.8) is 0 Å². The Morgan fingerprint density at radius 3 is 1.89 bits per heavy atom. The first-order valence-corrected chi connectivity index (χ1v) is 10.8. The molecule has 0 bridgehead atoms. The highest BCUT2D eigenvalue weighted by Crippen LogP contribution is 2.50. The predicted molar refractivity (Wildman–Crippen MR) is 88.0 cm³/mol. The van der Waals surface area contributed by atoms with Gasteiger partial charge < -0.3 is 23.8 Å². The molecule has 0 aromatic heterocycles. The molecule has 0 spiro atoms. The topological polar surface area (TPSA) is 122 Å². The Kier molecular flexibility index (Phi) is 11.0. The molecule has 0 rings (SSSR count). The van der Waals surface area contributed by atoms with E-state index in [1.54, 1.807) is 13.8 Å². The maximum atomic E-state index is 12.3. The number of phosphoric ester groups is 1. The summed E-state index contributed by atoms with van der Waals surface area (Å²) in [5, 5.41) is 0. The van der Waals surface area contributed by atoms with Crippen molar-refractivity contribution in [2.45, 2.75) is 52.6 Å². The second-order valence-corrected chi connectivity index (χ2v) is 8.54. The fourth-order valence-corrected chi connectivity index (χ4v) is 3.22. The molecule has 0 aromatic carbocycles. The van der Waals surface area contributed by atoms with E-state index in [-0.39, 0.29) is 6.42 Å². The molecule has 0 radical (unpaired) electrons. The Balaban J connectivity index is 4.28. The zero-order chi connectivity index (χ0) is 21.3. The average Bonchev–Trinajstić information content (AvgIpc) is 2.43. The van der Waals surface area contributed by atoms with Gasteiger partial charge in [0.15, 0.2) is 0 Å². The number of halogens is 3. The van der Waals surface area contributed by atoms with Crippen molar-refractivity contribution in [3.8, 4) is 0 Å². The fourth-order valence-electron chi connectivity index (χ4n) is 1.80. The van der Waals surface area contributed by atoms with Gasteiger partial charge in [0.25, 0.3) is 7.82 Å². The van der Waals surface area contributed by atoms with Gasteiger partial charge in [-0.2, -0.15) is 13.2 Å². The van der Waals surface area contributed by atoms with E-state index in [0.29, 0.717) is 19.3 Å². The minimum atomic E-state index is -5.70. The molecule has 0 aromatic rings. The van der Waals surface area contributed by atoms with E-state index >= 15 is 0 Å². The van der Waals surface area contributed by atoms with E-state index in [9.17, 15) is 37.0 Å². The van der Waals surface area contributed by atoms with Gasteiger partial charge >= 0.3 is 6.18 Å². The first-order valence-electron chi connectivity index (χ1n) is 7.86. The molecule has 0 saturated carbocycles. The van der Waals surface area contributed by atoms with Crippen LogP contribution in [0.25, 0.3) is 0 Å². The van der Waals surface area contributed by atoms with Crippen LogP contribution in [0.2, 0.25) is 0 Å². The largest absolute Gasteiger partial charge is 0.790 e. The second-order valence-electron chi connectivity index (χ2n) is 5.84. The summed E-state index contributed by atoms with van der Waals surface area (Å²) in [6.45, 7) is 4.02. The van der Waals surface area contributed by atoms with Crippen LogP contribution in [-0.2, 0) is 18.0 Å². The number of rotatable bonds is 11. The predicted octanol–water partition coefficient (Wildman–Crippen LogP) is 3.28. The van der Waals surface area contributed by atoms with E-state index in [2.05, 4.69) is 8.83 Å². The van der Waals surface area contributed by atoms with Crippen molar-refractivity contribution < 1.29 is 45.8 Å². The Labute approximate surface area is 156 Å². The molecule has 0 aliphatic carbocycles. The van der Waals surface area contributed by atoms with Crippen molar-refractivity contribution in [2.75, 3.05) is 6.61 Å². The summed E-state index contributed by atoms with van der Waals surface area (Å²) in [6.07, 6.45) is 1.96. The molecule has 0 amide bonds. The molecule has 1 unspecified atom stereocenters. The average molecular weight is 433 g/mol. The standard InChI is InChI=1S/C15H25F3O7P2/c1-12(8-5-9-14(3)15(16,17)18)6-4-7-13(2)10-11-24-27(22,23)25-26(19,20)21/h6,9-10H,4-5,7-8,11H2,1-3H3,(H,22,23)(H2,19,20,21)/p-3. The molecule has 7 nitrogen and oxygen atoms in total. The summed E-state index contributed by atoms with van der Waals surface area (Å²) in [5.41, 5.74) is 1.03. The third kappa shape index (κ3) is 14.9. The molecule has 0 aliphatic heterocycles. The lowest BCUT2D eigenvalue weighted by molar-refractivity contribution is -0.339. The minimum absolute atomic E-state index is 0.276. The zero-order valence-corrected chi connectivity index (χ0v) is 16.9. The number of hydrogen-bond acceptors (Lipinski definition) is 7. The molecule has 1 atom stereocenters. The fraction of sp³-hybridized carbons (Fsp3) is 0.600. The minimum Gasteiger partial charge on any atom is -0.790 e. The molecular formula is C15H22F3O7P2-3. The number of alkyl halides is 3. The zero-order valence-electron chi connectivity index (χ0n) is 15.2. The quantitative estimate of drug-likeness (QED) is 0.362. The van der Waals surface area contributed by atoms with Crippen LogP contribution in [0.1, 0.15) is 46.5 Å². The summed E-state index contributed by atoms with van der Waals surface area (Å²) in [4.78, 5) is 31.5. The normalized spacial score (nSPS) is 17.1. The molecule has 0 aliphatic rings. The van der Waals surface area contributed by atoms with E-state index < -0.39 is 34.0 Å². The van der Waals surface area contributed by atoms with Gasteiger partial charge in [0.1, 0.15) is 0 Å². The molecular weight excluding hydrogens is 411 g/mol. The van der Waals surface area contributed by atoms with Crippen LogP contribution < -0.4 is 14.7 Å². The van der Waals surface area contributed by atoms with E-state index in [4.69, 9.17) is 0 Å². The summed E-state index contributed by atoms with van der Waals surface area (Å²) in [5.74, 6) is 0. The van der Waals surface area contributed by atoms with Crippen LogP contribution in [-0.4, -0.2) is 12.8 Å². The maximum absolute atomic E-state index is 12.3.